The van der Waals surface area contributed by atoms with Crippen molar-refractivity contribution in [1.29, 1.82) is 0 Å². The van der Waals surface area contributed by atoms with Crippen molar-refractivity contribution in [2.24, 2.45) is 0 Å². The summed E-state index contributed by atoms with van der Waals surface area (Å²) in [5, 5.41) is 2.52. The van der Waals surface area contributed by atoms with E-state index in [4.69, 9.17) is 0 Å². The quantitative estimate of drug-likeness (QED) is 0.376. The molecule has 0 radical (unpaired) electrons. The van der Waals surface area contributed by atoms with Gasteiger partial charge in [-0.25, -0.2) is 0 Å². The molecule has 5 nitrogen and oxygen atoms in total. The molecule has 0 atom stereocenters. The molecule has 0 rings (SSSR count). The molecule has 1 N–H and O–H groups in total. The van der Waals surface area contributed by atoms with E-state index in [0.29, 0.717) is 19.4 Å². The second-order valence-electron chi connectivity index (χ2n) is 2.93. The van der Waals surface area contributed by atoms with Gasteiger partial charge in [-0.05, 0) is 18.9 Å². The topological polar surface area (TPSA) is 72.5 Å². The van der Waals surface area contributed by atoms with Gasteiger partial charge in [-0.2, -0.15) is 8.42 Å². The van der Waals surface area contributed by atoms with Gasteiger partial charge in [0.25, 0.3) is 10.1 Å². The van der Waals surface area contributed by atoms with Crippen LogP contribution in [0.5, 0.6) is 0 Å². The minimum absolute atomic E-state index is 0.0337. The van der Waals surface area contributed by atoms with Gasteiger partial charge in [0.05, 0.1) is 12.4 Å². The fourth-order valence-corrected chi connectivity index (χ4v) is 1.84. The Morgan fingerprint density at radius 2 is 2.20 bits per heavy atom. The van der Waals surface area contributed by atoms with E-state index < -0.39 is 10.1 Å². The van der Waals surface area contributed by atoms with Crippen LogP contribution < -0.4 is 5.32 Å². The smallest absolute Gasteiger partial charge is 0.267 e. The second kappa shape index (κ2) is 7.42. The zero-order valence-corrected chi connectivity index (χ0v) is 9.68. The molecule has 0 aliphatic heterocycles. The summed E-state index contributed by atoms with van der Waals surface area (Å²) in [6, 6.07) is 0. The van der Waals surface area contributed by atoms with Gasteiger partial charge in [0.2, 0.25) is 5.91 Å². The monoisotopic (exact) mass is 235 g/mol. The summed E-state index contributed by atoms with van der Waals surface area (Å²) >= 11 is 0. The maximum atomic E-state index is 11.1. The van der Waals surface area contributed by atoms with Gasteiger partial charge in [0.15, 0.2) is 0 Å². The van der Waals surface area contributed by atoms with E-state index in [-0.39, 0.29) is 18.3 Å². The highest BCUT2D eigenvalue weighted by molar-refractivity contribution is 7.86. The molecular weight excluding hydrogens is 218 g/mol. The molecule has 0 aliphatic carbocycles. The van der Waals surface area contributed by atoms with Crippen molar-refractivity contribution in [3.8, 4) is 0 Å². The standard InChI is InChI=1S/C9H17NO4S/c1-3-8-15(12,13)14-7-5-6-10-9(11)4-2/h4H,2-3,5-8H2,1H3,(H,10,11). The van der Waals surface area contributed by atoms with Crippen LogP contribution in [0.3, 0.4) is 0 Å². The molecule has 0 aromatic rings. The summed E-state index contributed by atoms with van der Waals surface area (Å²) in [7, 11) is -3.37. The summed E-state index contributed by atoms with van der Waals surface area (Å²) in [6.45, 7) is 5.53. The fraction of sp³-hybridized carbons (Fsp3) is 0.667. The molecule has 6 heteroatoms. The van der Waals surface area contributed by atoms with Gasteiger partial charge in [0, 0.05) is 6.54 Å². The molecule has 0 bridgehead atoms. The van der Waals surface area contributed by atoms with Crippen molar-refractivity contribution in [3.63, 3.8) is 0 Å². The van der Waals surface area contributed by atoms with Crippen LogP contribution in [0.1, 0.15) is 19.8 Å². The third-order valence-electron chi connectivity index (χ3n) is 1.52. The highest BCUT2D eigenvalue weighted by Crippen LogP contribution is 1.96. The van der Waals surface area contributed by atoms with Crippen molar-refractivity contribution >= 4 is 16.0 Å². The van der Waals surface area contributed by atoms with Crippen LogP contribution in [0.2, 0.25) is 0 Å². The van der Waals surface area contributed by atoms with Crippen molar-refractivity contribution in [3.05, 3.63) is 12.7 Å². The first-order valence-electron chi connectivity index (χ1n) is 4.79. The van der Waals surface area contributed by atoms with E-state index >= 15 is 0 Å². The lowest BCUT2D eigenvalue weighted by Gasteiger charge is -2.04. The van der Waals surface area contributed by atoms with E-state index in [0.717, 1.165) is 6.08 Å². The first kappa shape index (κ1) is 14.1. The summed E-state index contributed by atoms with van der Waals surface area (Å²) < 4.78 is 26.8. The minimum Gasteiger partial charge on any atom is -0.352 e. The van der Waals surface area contributed by atoms with Gasteiger partial charge in [-0.15, -0.1) is 0 Å². The van der Waals surface area contributed by atoms with Crippen molar-refractivity contribution in [2.45, 2.75) is 19.8 Å². The zero-order chi connectivity index (χ0) is 11.7. The minimum atomic E-state index is -3.37. The Hall–Kier alpha value is -0.880. The number of hydrogen-bond acceptors (Lipinski definition) is 4. The Balaban J connectivity index is 3.54. The second-order valence-corrected chi connectivity index (χ2v) is 4.69. The maximum Gasteiger partial charge on any atom is 0.267 e. The number of amides is 1. The molecule has 0 aliphatic rings. The van der Waals surface area contributed by atoms with E-state index in [1.54, 1.807) is 6.92 Å². The zero-order valence-electron chi connectivity index (χ0n) is 8.86. The highest BCUT2D eigenvalue weighted by Gasteiger charge is 2.08. The SMILES string of the molecule is C=CC(=O)NCCCOS(=O)(=O)CCC. The summed E-state index contributed by atoms with van der Waals surface area (Å²) in [5.74, 6) is -0.238. The van der Waals surface area contributed by atoms with Gasteiger partial charge in [-0.3, -0.25) is 8.98 Å². The summed E-state index contributed by atoms with van der Waals surface area (Å²) in [6.07, 6.45) is 2.16. The Morgan fingerprint density at radius 3 is 2.73 bits per heavy atom. The van der Waals surface area contributed by atoms with Crippen molar-refractivity contribution in [1.82, 2.24) is 5.32 Å². The lowest BCUT2D eigenvalue weighted by Crippen LogP contribution is -2.23. The van der Waals surface area contributed by atoms with Crippen LogP contribution in [-0.2, 0) is 19.1 Å². The number of carbonyl (C=O) groups excluding carboxylic acids is 1. The molecule has 0 heterocycles. The molecule has 0 aromatic heterocycles. The lowest BCUT2D eigenvalue weighted by molar-refractivity contribution is -0.116. The third-order valence-corrected chi connectivity index (χ3v) is 2.96. The number of nitrogens with one attached hydrogen (secondary N) is 1. The van der Waals surface area contributed by atoms with Crippen LogP contribution in [0.15, 0.2) is 12.7 Å². The van der Waals surface area contributed by atoms with Gasteiger partial charge in [0.1, 0.15) is 0 Å². The first-order chi connectivity index (χ1) is 7.02. The summed E-state index contributed by atoms with van der Waals surface area (Å²) in [5.41, 5.74) is 0. The van der Waals surface area contributed by atoms with Gasteiger partial charge in [-0.1, -0.05) is 13.5 Å². The molecule has 0 spiro atoms. The number of hydrogen-bond donors (Lipinski definition) is 1. The predicted molar refractivity (Wildman–Crippen MR) is 57.9 cm³/mol. The lowest BCUT2D eigenvalue weighted by atomic mass is 10.4. The molecule has 0 unspecified atom stereocenters. The molecule has 15 heavy (non-hydrogen) atoms. The largest absolute Gasteiger partial charge is 0.352 e. The molecule has 0 fully saturated rings. The number of carbonyl (C=O) groups is 1. The van der Waals surface area contributed by atoms with E-state index in [1.807, 2.05) is 0 Å². The van der Waals surface area contributed by atoms with Crippen molar-refractivity contribution < 1.29 is 17.4 Å². The first-order valence-corrected chi connectivity index (χ1v) is 6.37. The van der Waals surface area contributed by atoms with E-state index in [2.05, 4.69) is 16.1 Å². The normalized spacial score (nSPS) is 11.0. The van der Waals surface area contributed by atoms with Crippen LogP contribution in [0.25, 0.3) is 0 Å². The molecule has 0 saturated carbocycles. The van der Waals surface area contributed by atoms with Crippen LogP contribution in [-0.4, -0.2) is 33.2 Å². The van der Waals surface area contributed by atoms with E-state index in [9.17, 15) is 13.2 Å². The summed E-state index contributed by atoms with van der Waals surface area (Å²) in [4.78, 5) is 10.7. The molecule has 1 amide bonds. The molecular formula is C9H17NO4S. The predicted octanol–water partition coefficient (Wildman–Crippen LogP) is 0.435. The Bertz CT molecular complexity index is 297. The van der Waals surface area contributed by atoms with Crippen LogP contribution in [0.4, 0.5) is 0 Å². The third kappa shape index (κ3) is 8.14. The van der Waals surface area contributed by atoms with Crippen LogP contribution >= 0.6 is 0 Å². The number of rotatable bonds is 8. The van der Waals surface area contributed by atoms with Gasteiger partial charge >= 0.3 is 0 Å². The maximum absolute atomic E-state index is 11.1. The highest BCUT2D eigenvalue weighted by atomic mass is 32.2. The van der Waals surface area contributed by atoms with E-state index in [1.165, 1.54) is 0 Å². The Labute approximate surface area is 90.6 Å². The van der Waals surface area contributed by atoms with Gasteiger partial charge < -0.3 is 5.32 Å². The molecule has 0 saturated heterocycles. The average Bonchev–Trinajstić information content (AvgIpc) is 2.16. The van der Waals surface area contributed by atoms with Crippen LogP contribution in [0, 0.1) is 0 Å². The fourth-order valence-electron chi connectivity index (χ4n) is 0.851. The molecule has 88 valence electrons. The Morgan fingerprint density at radius 1 is 1.53 bits per heavy atom. The molecule has 0 aromatic carbocycles. The van der Waals surface area contributed by atoms with Crippen molar-refractivity contribution in [2.75, 3.05) is 18.9 Å². The Kier molecular flexibility index (Phi) is 6.98. The average molecular weight is 235 g/mol.